The maximum atomic E-state index is 10.1. The molecule has 1 atom stereocenters. The highest BCUT2D eigenvalue weighted by atomic mass is 16.3. The van der Waals surface area contributed by atoms with Gasteiger partial charge in [-0.05, 0) is 30.7 Å². The van der Waals surface area contributed by atoms with Gasteiger partial charge in [0.1, 0.15) is 0 Å². The van der Waals surface area contributed by atoms with Gasteiger partial charge in [-0.2, -0.15) is 0 Å². The number of unbranched alkanes of at least 4 members (excludes halogenated alkanes) is 1. The van der Waals surface area contributed by atoms with E-state index in [4.69, 9.17) is 10.8 Å². The third-order valence-corrected chi connectivity index (χ3v) is 3.00. The van der Waals surface area contributed by atoms with Gasteiger partial charge in [0.15, 0.2) is 0 Å². The lowest BCUT2D eigenvalue weighted by Crippen LogP contribution is -2.32. The summed E-state index contributed by atoms with van der Waals surface area (Å²) in [6, 6.07) is 7.27. The summed E-state index contributed by atoms with van der Waals surface area (Å²) < 4.78 is 0. The Kier molecular flexibility index (Phi) is 6.72. The van der Waals surface area contributed by atoms with Crippen LogP contribution in [0.2, 0.25) is 0 Å². The molecule has 0 amide bonds. The summed E-state index contributed by atoms with van der Waals surface area (Å²) in [5.41, 5.74) is 7.18. The number of nitrogens with two attached hydrogens (primary N) is 1. The molecule has 18 heavy (non-hydrogen) atoms. The Morgan fingerprint density at radius 2 is 1.89 bits per heavy atom. The Labute approximate surface area is 109 Å². The minimum absolute atomic E-state index is 0.123. The molecule has 0 radical (unpaired) electrons. The average Bonchev–Trinajstić information content (AvgIpc) is 2.37. The van der Waals surface area contributed by atoms with E-state index in [-0.39, 0.29) is 6.61 Å². The van der Waals surface area contributed by atoms with Crippen molar-refractivity contribution in [2.24, 2.45) is 0 Å². The molecule has 102 valence electrons. The molecule has 1 unspecified atom stereocenters. The SMILES string of the molecule is CCCCN(CCO)CC(O)c1ccc(N)cc1. The van der Waals surface area contributed by atoms with E-state index in [0.29, 0.717) is 18.8 Å². The van der Waals surface area contributed by atoms with Gasteiger partial charge >= 0.3 is 0 Å². The second kappa shape index (κ2) is 8.08. The third-order valence-electron chi connectivity index (χ3n) is 3.00. The predicted octanol–water partition coefficient (Wildman–Crippen LogP) is 1.40. The van der Waals surface area contributed by atoms with Crippen LogP contribution < -0.4 is 5.73 Å². The molecule has 0 aliphatic rings. The van der Waals surface area contributed by atoms with Crippen LogP contribution in [0.5, 0.6) is 0 Å². The number of benzene rings is 1. The average molecular weight is 252 g/mol. The van der Waals surface area contributed by atoms with Gasteiger partial charge in [-0.15, -0.1) is 0 Å². The summed E-state index contributed by atoms with van der Waals surface area (Å²) in [7, 11) is 0. The second-order valence-corrected chi connectivity index (χ2v) is 4.56. The predicted molar refractivity (Wildman–Crippen MR) is 74.2 cm³/mol. The zero-order valence-electron chi connectivity index (χ0n) is 11.0. The number of anilines is 1. The Hall–Kier alpha value is -1.10. The van der Waals surface area contributed by atoms with E-state index in [0.717, 1.165) is 24.9 Å². The van der Waals surface area contributed by atoms with E-state index in [1.807, 2.05) is 12.1 Å². The van der Waals surface area contributed by atoms with Crippen LogP contribution in [0.15, 0.2) is 24.3 Å². The van der Waals surface area contributed by atoms with Crippen molar-refractivity contribution in [1.82, 2.24) is 4.90 Å². The first-order chi connectivity index (χ1) is 8.67. The molecule has 1 aromatic rings. The summed E-state index contributed by atoms with van der Waals surface area (Å²) in [5.74, 6) is 0. The summed E-state index contributed by atoms with van der Waals surface area (Å²) >= 11 is 0. The molecule has 4 N–H and O–H groups in total. The first kappa shape index (κ1) is 15.0. The molecular weight excluding hydrogens is 228 g/mol. The van der Waals surface area contributed by atoms with Crippen molar-refractivity contribution in [3.63, 3.8) is 0 Å². The number of nitrogens with zero attached hydrogens (tertiary/aromatic N) is 1. The fraction of sp³-hybridized carbons (Fsp3) is 0.571. The van der Waals surface area contributed by atoms with Crippen LogP contribution in [-0.2, 0) is 0 Å². The number of hydrogen-bond acceptors (Lipinski definition) is 4. The monoisotopic (exact) mass is 252 g/mol. The van der Waals surface area contributed by atoms with Crippen molar-refractivity contribution in [2.75, 3.05) is 32.0 Å². The van der Waals surface area contributed by atoms with E-state index < -0.39 is 6.10 Å². The lowest BCUT2D eigenvalue weighted by Gasteiger charge is -2.24. The minimum atomic E-state index is -0.533. The van der Waals surface area contributed by atoms with Gasteiger partial charge in [-0.3, -0.25) is 4.90 Å². The molecule has 0 spiro atoms. The maximum absolute atomic E-state index is 10.1. The van der Waals surface area contributed by atoms with Crippen LogP contribution in [0.4, 0.5) is 5.69 Å². The summed E-state index contributed by atoms with van der Waals surface area (Å²) in [6.07, 6.45) is 1.66. The van der Waals surface area contributed by atoms with Crippen molar-refractivity contribution in [1.29, 1.82) is 0 Å². The van der Waals surface area contributed by atoms with E-state index in [1.54, 1.807) is 12.1 Å². The van der Waals surface area contributed by atoms with Gasteiger partial charge < -0.3 is 15.9 Å². The van der Waals surface area contributed by atoms with E-state index in [1.165, 1.54) is 0 Å². The third kappa shape index (κ3) is 5.04. The van der Waals surface area contributed by atoms with Crippen molar-refractivity contribution < 1.29 is 10.2 Å². The van der Waals surface area contributed by atoms with Gasteiger partial charge in [-0.1, -0.05) is 25.5 Å². The summed E-state index contributed by atoms with van der Waals surface area (Å²) in [5, 5.41) is 19.2. The van der Waals surface area contributed by atoms with E-state index in [2.05, 4.69) is 11.8 Å². The highest BCUT2D eigenvalue weighted by molar-refractivity contribution is 5.39. The Morgan fingerprint density at radius 3 is 2.44 bits per heavy atom. The minimum Gasteiger partial charge on any atom is -0.399 e. The highest BCUT2D eigenvalue weighted by Crippen LogP contribution is 2.16. The quantitative estimate of drug-likeness (QED) is 0.612. The molecule has 1 rings (SSSR count). The Morgan fingerprint density at radius 1 is 1.22 bits per heavy atom. The smallest absolute Gasteiger partial charge is 0.0916 e. The molecular formula is C14H24N2O2. The Balaban J connectivity index is 2.53. The number of aliphatic hydroxyl groups excluding tert-OH is 2. The zero-order chi connectivity index (χ0) is 13.4. The molecule has 0 fully saturated rings. The molecule has 0 heterocycles. The zero-order valence-corrected chi connectivity index (χ0v) is 11.0. The fourth-order valence-electron chi connectivity index (χ4n) is 1.89. The number of hydrogen-bond donors (Lipinski definition) is 3. The molecule has 0 aromatic heterocycles. The molecule has 0 aliphatic carbocycles. The van der Waals surface area contributed by atoms with Gasteiger partial charge in [0.05, 0.1) is 12.7 Å². The van der Waals surface area contributed by atoms with Crippen molar-refractivity contribution in [2.45, 2.75) is 25.9 Å². The standard InChI is InChI=1S/C14H24N2O2/c1-2-3-8-16(9-10-17)11-14(18)12-4-6-13(15)7-5-12/h4-7,14,17-18H,2-3,8-11,15H2,1H3. The van der Waals surface area contributed by atoms with Crippen LogP contribution in [-0.4, -0.2) is 41.4 Å². The molecule has 0 bridgehead atoms. The van der Waals surface area contributed by atoms with E-state index >= 15 is 0 Å². The van der Waals surface area contributed by atoms with Crippen LogP contribution >= 0.6 is 0 Å². The van der Waals surface area contributed by atoms with Crippen LogP contribution in [0, 0.1) is 0 Å². The Bertz CT molecular complexity index is 327. The largest absolute Gasteiger partial charge is 0.399 e. The number of nitrogen functional groups attached to an aromatic ring is 1. The lowest BCUT2D eigenvalue weighted by molar-refractivity contribution is 0.0989. The summed E-state index contributed by atoms with van der Waals surface area (Å²) in [4.78, 5) is 2.09. The molecule has 0 saturated heterocycles. The highest BCUT2D eigenvalue weighted by Gasteiger charge is 2.12. The second-order valence-electron chi connectivity index (χ2n) is 4.56. The van der Waals surface area contributed by atoms with Gasteiger partial charge in [-0.25, -0.2) is 0 Å². The van der Waals surface area contributed by atoms with Crippen molar-refractivity contribution in [3.8, 4) is 0 Å². The number of aliphatic hydroxyl groups is 2. The maximum Gasteiger partial charge on any atom is 0.0916 e. The van der Waals surface area contributed by atoms with E-state index in [9.17, 15) is 5.11 Å². The van der Waals surface area contributed by atoms with Gasteiger partial charge in [0, 0.05) is 18.8 Å². The fourth-order valence-corrected chi connectivity index (χ4v) is 1.89. The van der Waals surface area contributed by atoms with Gasteiger partial charge in [0.25, 0.3) is 0 Å². The number of rotatable bonds is 8. The topological polar surface area (TPSA) is 69.7 Å². The van der Waals surface area contributed by atoms with Gasteiger partial charge in [0.2, 0.25) is 0 Å². The lowest BCUT2D eigenvalue weighted by atomic mass is 10.1. The molecule has 4 nitrogen and oxygen atoms in total. The van der Waals surface area contributed by atoms with Crippen molar-refractivity contribution >= 4 is 5.69 Å². The first-order valence-electron chi connectivity index (χ1n) is 6.54. The molecule has 0 aliphatic heterocycles. The van der Waals surface area contributed by atoms with Crippen molar-refractivity contribution in [3.05, 3.63) is 29.8 Å². The van der Waals surface area contributed by atoms with Crippen LogP contribution in [0.3, 0.4) is 0 Å². The van der Waals surface area contributed by atoms with Crippen LogP contribution in [0.25, 0.3) is 0 Å². The molecule has 4 heteroatoms. The van der Waals surface area contributed by atoms with Crippen LogP contribution in [0.1, 0.15) is 31.4 Å². The summed E-state index contributed by atoms with van der Waals surface area (Å²) in [6.45, 7) is 4.31. The molecule has 1 aromatic carbocycles. The molecule has 0 saturated carbocycles. The first-order valence-corrected chi connectivity index (χ1v) is 6.54. The normalized spacial score (nSPS) is 12.9.